The van der Waals surface area contributed by atoms with Crippen molar-refractivity contribution in [1.29, 1.82) is 0 Å². The zero-order valence-corrected chi connectivity index (χ0v) is 7.31. The van der Waals surface area contributed by atoms with E-state index in [1.807, 2.05) is 0 Å². The summed E-state index contributed by atoms with van der Waals surface area (Å²) in [5, 5.41) is 2.75. The highest BCUT2D eigenvalue weighted by atomic mass is 16.1. The number of nitrogens with two attached hydrogens (primary N) is 1. The second-order valence-corrected chi connectivity index (χ2v) is 2.55. The van der Waals surface area contributed by atoms with Gasteiger partial charge in [-0.1, -0.05) is 0 Å². The molecule has 0 atom stereocenters. The first-order valence-electron chi connectivity index (χ1n) is 4.21. The molecule has 0 heterocycles. The van der Waals surface area contributed by atoms with Crippen molar-refractivity contribution in [2.24, 2.45) is 5.73 Å². The van der Waals surface area contributed by atoms with E-state index in [1.54, 1.807) is 0 Å². The number of amides is 1. The van der Waals surface area contributed by atoms with Gasteiger partial charge in [-0.15, -0.1) is 12.3 Å². The van der Waals surface area contributed by atoms with Gasteiger partial charge in [0.15, 0.2) is 0 Å². The van der Waals surface area contributed by atoms with Gasteiger partial charge in [0, 0.05) is 19.4 Å². The Morgan fingerprint density at radius 2 is 2.25 bits per heavy atom. The number of hydrogen-bond acceptors (Lipinski definition) is 2. The molecular weight excluding hydrogens is 152 g/mol. The SMILES string of the molecule is C#CCCCC(=O)NCCCN. The molecule has 0 aliphatic carbocycles. The second kappa shape index (κ2) is 8.09. The number of rotatable bonds is 6. The Morgan fingerprint density at radius 1 is 1.50 bits per heavy atom. The normalized spacial score (nSPS) is 9.00. The summed E-state index contributed by atoms with van der Waals surface area (Å²) in [7, 11) is 0. The largest absolute Gasteiger partial charge is 0.356 e. The van der Waals surface area contributed by atoms with Gasteiger partial charge in [-0.25, -0.2) is 0 Å². The summed E-state index contributed by atoms with van der Waals surface area (Å²) in [6.07, 6.45) is 7.83. The molecule has 0 aromatic heterocycles. The van der Waals surface area contributed by atoms with Gasteiger partial charge in [0.2, 0.25) is 5.91 Å². The minimum atomic E-state index is 0.0682. The fourth-order valence-corrected chi connectivity index (χ4v) is 0.769. The van der Waals surface area contributed by atoms with Gasteiger partial charge in [-0.2, -0.15) is 0 Å². The molecule has 3 heteroatoms. The molecule has 0 saturated carbocycles. The van der Waals surface area contributed by atoms with Crippen LogP contribution >= 0.6 is 0 Å². The lowest BCUT2D eigenvalue weighted by molar-refractivity contribution is -0.121. The topological polar surface area (TPSA) is 55.1 Å². The molecular formula is C9H16N2O. The van der Waals surface area contributed by atoms with Crippen LogP contribution in [0.5, 0.6) is 0 Å². The average molecular weight is 168 g/mol. The smallest absolute Gasteiger partial charge is 0.220 e. The Kier molecular flexibility index (Phi) is 7.41. The van der Waals surface area contributed by atoms with Gasteiger partial charge in [-0.05, 0) is 19.4 Å². The molecule has 0 unspecified atom stereocenters. The molecule has 3 nitrogen and oxygen atoms in total. The molecule has 0 radical (unpaired) electrons. The second-order valence-electron chi connectivity index (χ2n) is 2.55. The molecule has 0 aliphatic heterocycles. The summed E-state index contributed by atoms with van der Waals surface area (Å²) >= 11 is 0. The molecule has 0 aromatic carbocycles. The monoisotopic (exact) mass is 168 g/mol. The lowest BCUT2D eigenvalue weighted by Gasteiger charge is -2.01. The number of terminal acetylenes is 1. The van der Waals surface area contributed by atoms with E-state index in [0.29, 0.717) is 25.9 Å². The lowest BCUT2D eigenvalue weighted by Crippen LogP contribution is -2.25. The maximum Gasteiger partial charge on any atom is 0.220 e. The van der Waals surface area contributed by atoms with Crippen LogP contribution < -0.4 is 11.1 Å². The molecule has 0 spiro atoms. The Hall–Kier alpha value is -1.01. The van der Waals surface area contributed by atoms with E-state index < -0.39 is 0 Å². The quantitative estimate of drug-likeness (QED) is 0.441. The Labute approximate surface area is 73.7 Å². The van der Waals surface area contributed by atoms with E-state index in [9.17, 15) is 4.79 Å². The zero-order valence-electron chi connectivity index (χ0n) is 7.31. The number of nitrogens with one attached hydrogen (secondary N) is 1. The molecule has 68 valence electrons. The predicted octanol–water partition coefficient (Wildman–Crippen LogP) is 0.255. The number of carbonyl (C=O) groups is 1. The first-order chi connectivity index (χ1) is 5.81. The third-order valence-electron chi connectivity index (χ3n) is 1.43. The average Bonchev–Trinajstić information content (AvgIpc) is 2.06. The van der Waals surface area contributed by atoms with Crippen molar-refractivity contribution in [2.75, 3.05) is 13.1 Å². The first kappa shape index (κ1) is 11.0. The van der Waals surface area contributed by atoms with Crippen molar-refractivity contribution in [3.8, 4) is 12.3 Å². The van der Waals surface area contributed by atoms with Crippen molar-refractivity contribution in [1.82, 2.24) is 5.32 Å². The Morgan fingerprint density at radius 3 is 2.83 bits per heavy atom. The van der Waals surface area contributed by atoms with E-state index in [1.165, 1.54) is 0 Å². The fourth-order valence-electron chi connectivity index (χ4n) is 0.769. The predicted molar refractivity (Wildman–Crippen MR) is 49.4 cm³/mol. The molecule has 3 N–H and O–H groups in total. The summed E-state index contributed by atoms with van der Waals surface area (Å²) in [6, 6.07) is 0. The van der Waals surface area contributed by atoms with Crippen LogP contribution in [0.2, 0.25) is 0 Å². The maximum atomic E-state index is 11.0. The van der Waals surface area contributed by atoms with Gasteiger partial charge < -0.3 is 11.1 Å². The molecule has 0 aromatic rings. The van der Waals surface area contributed by atoms with E-state index in [2.05, 4.69) is 11.2 Å². The number of carbonyl (C=O) groups excluding carboxylic acids is 1. The van der Waals surface area contributed by atoms with Crippen molar-refractivity contribution >= 4 is 5.91 Å². The maximum absolute atomic E-state index is 11.0. The van der Waals surface area contributed by atoms with E-state index in [-0.39, 0.29) is 5.91 Å². The summed E-state index contributed by atoms with van der Waals surface area (Å²) in [5.74, 6) is 2.56. The molecule has 1 amide bonds. The molecule has 0 aliphatic rings. The highest BCUT2D eigenvalue weighted by molar-refractivity contribution is 5.75. The van der Waals surface area contributed by atoms with Crippen molar-refractivity contribution in [2.45, 2.75) is 25.7 Å². The van der Waals surface area contributed by atoms with Gasteiger partial charge in [0.05, 0.1) is 0 Å². The van der Waals surface area contributed by atoms with Gasteiger partial charge in [0.25, 0.3) is 0 Å². The van der Waals surface area contributed by atoms with Crippen LogP contribution in [0.1, 0.15) is 25.7 Å². The highest BCUT2D eigenvalue weighted by Crippen LogP contribution is 1.92. The molecule has 0 rings (SSSR count). The molecule has 0 fully saturated rings. The third-order valence-corrected chi connectivity index (χ3v) is 1.43. The third kappa shape index (κ3) is 7.10. The minimum Gasteiger partial charge on any atom is -0.356 e. The summed E-state index contributed by atoms with van der Waals surface area (Å²) in [4.78, 5) is 11.0. The van der Waals surface area contributed by atoms with Crippen LogP contribution in [0.15, 0.2) is 0 Å². The summed E-state index contributed by atoms with van der Waals surface area (Å²) in [5.41, 5.74) is 5.26. The zero-order chi connectivity index (χ0) is 9.23. The van der Waals surface area contributed by atoms with Crippen LogP contribution in [0.3, 0.4) is 0 Å². The van der Waals surface area contributed by atoms with Gasteiger partial charge in [0.1, 0.15) is 0 Å². The standard InChI is InChI=1S/C9H16N2O/c1-2-3-4-6-9(12)11-8-5-7-10/h1H,3-8,10H2,(H,11,12). The summed E-state index contributed by atoms with van der Waals surface area (Å²) in [6.45, 7) is 1.29. The minimum absolute atomic E-state index is 0.0682. The molecule has 0 saturated heterocycles. The summed E-state index contributed by atoms with van der Waals surface area (Å²) < 4.78 is 0. The van der Waals surface area contributed by atoms with E-state index in [0.717, 1.165) is 12.8 Å². The first-order valence-corrected chi connectivity index (χ1v) is 4.21. The fraction of sp³-hybridized carbons (Fsp3) is 0.667. The van der Waals surface area contributed by atoms with Crippen LogP contribution in [0, 0.1) is 12.3 Å². The van der Waals surface area contributed by atoms with E-state index >= 15 is 0 Å². The van der Waals surface area contributed by atoms with Crippen molar-refractivity contribution in [3.05, 3.63) is 0 Å². The Balaban J connectivity index is 3.17. The van der Waals surface area contributed by atoms with Crippen LogP contribution in [-0.2, 0) is 4.79 Å². The molecule has 0 bridgehead atoms. The van der Waals surface area contributed by atoms with Crippen molar-refractivity contribution < 1.29 is 4.79 Å². The van der Waals surface area contributed by atoms with Crippen LogP contribution in [0.25, 0.3) is 0 Å². The molecule has 12 heavy (non-hydrogen) atoms. The van der Waals surface area contributed by atoms with Gasteiger partial charge >= 0.3 is 0 Å². The highest BCUT2D eigenvalue weighted by Gasteiger charge is 1.97. The number of hydrogen-bond donors (Lipinski definition) is 2. The Bertz CT molecular complexity index is 160. The van der Waals surface area contributed by atoms with Crippen LogP contribution in [-0.4, -0.2) is 19.0 Å². The van der Waals surface area contributed by atoms with Gasteiger partial charge in [-0.3, -0.25) is 4.79 Å². The van der Waals surface area contributed by atoms with Crippen LogP contribution in [0.4, 0.5) is 0 Å². The lowest BCUT2D eigenvalue weighted by atomic mass is 10.2. The van der Waals surface area contributed by atoms with Crippen molar-refractivity contribution in [3.63, 3.8) is 0 Å². The van der Waals surface area contributed by atoms with E-state index in [4.69, 9.17) is 12.2 Å². The number of unbranched alkanes of at least 4 members (excludes halogenated alkanes) is 1.